The van der Waals surface area contributed by atoms with Gasteiger partial charge in [0.15, 0.2) is 6.04 Å². The number of hydrogen-bond donors (Lipinski definition) is 1. The molecule has 0 radical (unpaired) electrons. The number of nitrogens with zero attached hydrogens (tertiary/aromatic N) is 1. The van der Waals surface area contributed by atoms with Gasteiger partial charge < -0.3 is 19.7 Å². The third-order valence-electron chi connectivity index (χ3n) is 3.53. The quantitative estimate of drug-likeness (QED) is 0.854. The first kappa shape index (κ1) is 15.2. The first-order valence-corrected chi connectivity index (χ1v) is 6.92. The van der Waals surface area contributed by atoms with Crippen molar-refractivity contribution in [2.45, 2.75) is 19.4 Å². The summed E-state index contributed by atoms with van der Waals surface area (Å²) < 4.78 is 9.60. The number of nitrogens with one attached hydrogen (secondary N) is 1. The van der Waals surface area contributed by atoms with Crippen LogP contribution < -0.4 is 10.2 Å². The maximum atomic E-state index is 12.1. The molecule has 1 aromatic rings. The molecule has 114 valence electrons. The first-order chi connectivity index (χ1) is 10.1. The van der Waals surface area contributed by atoms with Crippen molar-refractivity contribution in [2.24, 2.45) is 0 Å². The lowest BCUT2D eigenvalue weighted by Crippen LogP contribution is -2.34. The number of anilines is 1. The maximum Gasteiger partial charge on any atom is 0.407 e. The van der Waals surface area contributed by atoms with Gasteiger partial charge in [-0.15, -0.1) is 0 Å². The number of carbonyl (C=O) groups is 2. The van der Waals surface area contributed by atoms with Gasteiger partial charge >= 0.3 is 12.1 Å². The average molecular weight is 292 g/mol. The van der Waals surface area contributed by atoms with Crippen LogP contribution >= 0.6 is 0 Å². The van der Waals surface area contributed by atoms with Gasteiger partial charge in [0.1, 0.15) is 0 Å². The highest BCUT2D eigenvalue weighted by molar-refractivity contribution is 5.83. The minimum Gasteiger partial charge on any atom is -0.464 e. The number of carbonyl (C=O) groups excluding carboxylic acids is 2. The van der Waals surface area contributed by atoms with E-state index in [1.807, 2.05) is 25.2 Å². The largest absolute Gasteiger partial charge is 0.464 e. The van der Waals surface area contributed by atoms with Crippen molar-refractivity contribution in [1.82, 2.24) is 5.32 Å². The Morgan fingerprint density at radius 3 is 2.86 bits per heavy atom. The summed E-state index contributed by atoms with van der Waals surface area (Å²) in [6.45, 7) is 2.93. The molecule has 21 heavy (non-hydrogen) atoms. The van der Waals surface area contributed by atoms with Crippen molar-refractivity contribution in [3.05, 3.63) is 29.3 Å². The summed E-state index contributed by atoms with van der Waals surface area (Å²) >= 11 is 0. The highest BCUT2D eigenvalue weighted by Crippen LogP contribution is 2.29. The van der Waals surface area contributed by atoms with E-state index < -0.39 is 18.1 Å². The number of alkyl carbamates (subject to hydrolysis) is 1. The van der Waals surface area contributed by atoms with E-state index >= 15 is 0 Å². The Kier molecular flexibility index (Phi) is 4.67. The molecule has 1 amide bonds. The summed E-state index contributed by atoms with van der Waals surface area (Å²) in [5.41, 5.74) is 3.02. The first-order valence-electron chi connectivity index (χ1n) is 6.92. The Bertz CT molecular complexity index is 544. The second-order valence-corrected chi connectivity index (χ2v) is 4.88. The number of esters is 1. The molecule has 1 aliphatic heterocycles. The van der Waals surface area contributed by atoms with Crippen molar-refractivity contribution in [3.8, 4) is 0 Å². The second kappa shape index (κ2) is 6.47. The topological polar surface area (TPSA) is 67.9 Å². The average Bonchev–Trinajstić information content (AvgIpc) is 2.85. The van der Waals surface area contributed by atoms with E-state index in [1.165, 1.54) is 7.11 Å². The molecule has 0 bridgehead atoms. The Morgan fingerprint density at radius 1 is 1.43 bits per heavy atom. The number of benzene rings is 1. The summed E-state index contributed by atoms with van der Waals surface area (Å²) in [4.78, 5) is 25.7. The molecular formula is C15H20N2O4. The van der Waals surface area contributed by atoms with E-state index in [0.29, 0.717) is 5.56 Å². The number of rotatable bonds is 4. The van der Waals surface area contributed by atoms with Crippen molar-refractivity contribution >= 4 is 17.7 Å². The van der Waals surface area contributed by atoms with Crippen LogP contribution in [0.3, 0.4) is 0 Å². The van der Waals surface area contributed by atoms with Crippen LogP contribution in [-0.4, -0.2) is 39.4 Å². The molecule has 0 saturated carbocycles. The molecule has 6 nitrogen and oxygen atoms in total. The minimum atomic E-state index is -0.853. The monoisotopic (exact) mass is 292 g/mol. The Hall–Kier alpha value is -2.24. The molecule has 1 atom stereocenters. The number of methoxy groups -OCH3 is 1. The van der Waals surface area contributed by atoms with Crippen molar-refractivity contribution in [3.63, 3.8) is 0 Å². The molecule has 0 spiro atoms. The van der Waals surface area contributed by atoms with Gasteiger partial charge in [-0.2, -0.15) is 0 Å². The zero-order valence-corrected chi connectivity index (χ0v) is 12.5. The molecule has 1 aliphatic rings. The van der Waals surface area contributed by atoms with E-state index in [0.717, 1.165) is 24.2 Å². The molecule has 0 aromatic heterocycles. The van der Waals surface area contributed by atoms with Gasteiger partial charge in [0.2, 0.25) is 0 Å². The van der Waals surface area contributed by atoms with Crippen LogP contribution in [0.25, 0.3) is 0 Å². The molecule has 0 saturated heterocycles. The van der Waals surface area contributed by atoms with Gasteiger partial charge in [0, 0.05) is 19.3 Å². The van der Waals surface area contributed by atoms with E-state index in [2.05, 4.69) is 15.0 Å². The molecule has 2 rings (SSSR count). The molecule has 1 aromatic carbocycles. The van der Waals surface area contributed by atoms with E-state index in [9.17, 15) is 9.59 Å². The van der Waals surface area contributed by atoms with E-state index in [4.69, 9.17) is 4.74 Å². The molecule has 1 N–H and O–H groups in total. The van der Waals surface area contributed by atoms with Crippen LogP contribution in [0.15, 0.2) is 18.2 Å². The summed E-state index contributed by atoms with van der Waals surface area (Å²) in [6.07, 6.45) is 0.263. The van der Waals surface area contributed by atoms with Gasteiger partial charge in [-0.05, 0) is 30.5 Å². The minimum absolute atomic E-state index is 0.256. The fourth-order valence-corrected chi connectivity index (χ4v) is 2.45. The lowest BCUT2D eigenvalue weighted by atomic mass is 10.0. The van der Waals surface area contributed by atoms with Crippen molar-refractivity contribution in [1.29, 1.82) is 0 Å². The normalized spacial score (nSPS) is 14.3. The fraction of sp³-hybridized carbons (Fsp3) is 0.467. The Morgan fingerprint density at radius 2 is 2.19 bits per heavy atom. The van der Waals surface area contributed by atoms with Crippen LogP contribution in [0.4, 0.5) is 10.5 Å². The number of fused-ring (bicyclic) bond motifs is 1. The van der Waals surface area contributed by atoms with Gasteiger partial charge in [-0.1, -0.05) is 12.1 Å². The van der Waals surface area contributed by atoms with Gasteiger partial charge in [0.05, 0.1) is 13.7 Å². The van der Waals surface area contributed by atoms with Crippen LogP contribution in [0.2, 0.25) is 0 Å². The Labute approximate surface area is 124 Å². The zero-order chi connectivity index (χ0) is 15.4. The third kappa shape index (κ3) is 3.26. The molecule has 0 aliphatic carbocycles. The zero-order valence-electron chi connectivity index (χ0n) is 12.5. The lowest BCUT2D eigenvalue weighted by Gasteiger charge is -2.18. The summed E-state index contributed by atoms with van der Waals surface area (Å²) in [6, 6.07) is 4.88. The predicted molar refractivity (Wildman–Crippen MR) is 78.3 cm³/mol. The van der Waals surface area contributed by atoms with Gasteiger partial charge in [0.25, 0.3) is 0 Å². The summed E-state index contributed by atoms with van der Waals surface area (Å²) in [5.74, 6) is -0.491. The maximum absolute atomic E-state index is 12.1. The number of hydrogen-bond acceptors (Lipinski definition) is 5. The van der Waals surface area contributed by atoms with Gasteiger partial charge in [-0.3, -0.25) is 0 Å². The molecule has 6 heteroatoms. The number of ether oxygens (including phenoxy) is 2. The summed E-state index contributed by atoms with van der Waals surface area (Å²) in [7, 11) is 3.29. The highest BCUT2D eigenvalue weighted by Gasteiger charge is 2.26. The third-order valence-corrected chi connectivity index (χ3v) is 3.53. The Balaban J connectivity index is 2.28. The van der Waals surface area contributed by atoms with E-state index in [1.54, 1.807) is 6.92 Å². The predicted octanol–water partition coefficient (Wildman–Crippen LogP) is 1.64. The van der Waals surface area contributed by atoms with Crippen LogP contribution in [0, 0.1) is 0 Å². The van der Waals surface area contributed by atoms with Crippen molar-refractivity contribution < 1.29 is 19.1 Å². The van der Waals surface area contributed by atoms with E-state index in [-0.39, 0.29) is 6.61 Å². The SMILES string of the molecule is CCOC(=O)C(NC(=O)OC)c1ccc2c(c1)CCN2C. The van der Waals surface area contributed by atoms with Crippen LogP contribution in [0.5, 0.6) is 0 Å². The number of amides is 1. The smallest absolute Gasteiger partial charge is 0.407 e. The number of likely N-dealkylation sites (N-methyl/N-ethyl adjacent to an activating group) is 1. The van der Waals surface area contributed by atoms with Crippen LogP contribution in [-0.2, 0) is 20.7 Å². The molecule has 1 unspecified atom stereocenters. The van der Waals surface area contributed by atoms with Gasteiger partial charge in [-0.25, -0.2) is 9.59 Å². The fourth-order valence-electron chi connectivity index (χ4n) is 2.45. The standard InChI is InChI=1S/C15H20N2O4/c1-4-21-14(18)13(16-15(19)20-3)11-5-6-12-10(9-11)7-8-17(12)2/h5-6,9,13H,4,7-8H2,1-3H3,(H,16,19). The molecular weight excluding hydrogens is 272 g/mol. The summed E-state index contributed by atoms with van der Waals surface area (Å²) in [5, 5.41) is 2.52. The highest BCUT2D eigenvalue weighted by atomic mass is 16.5. The second-order valence-electron chi connectivity index (χ2n) is 4.88. The lowest BCUT2D eigenvalue weighted by molar-refractivity contribution is -0.145. The van der Waals surface area contributed by atoms with Crippen molar-refractivity contribution in [2.75, 3.05) is 32.2 Å². The molecule has 0 fully saturated rings. The molecule has 1 heterocycles. The van der Waals surface area contributed by atoms with Crippen LogP contribution in [0.1, 0.15) is 24.1 Å².